The number of amides is 1. The first-order valence-corrected chi connectivity index (χ1v) is 5.39. The number of rotatable bonds is 4. The van der Waals surface area contributed by atoms with Crippen LogP contribution in [0.15, 0.2) is 6.20 Å². The summed E-state index contributed by atoms with van der Waals surface area (Å²) in [6, 6.07) is 0. The third-order valence-corrected chi connectivity index (χ3v) is 2.46. The lowest BCUT2D eigenvalue weighted by atomic mass is 10.3. The summed E-state index contributed by atoms with van der Waals surface area (Å²) in [6.07, 6.45) is 1.59. The van der Waals surface area contributed by atoms with E-state index in [1.165, 1.54) is 0 Å². The summed E-state index contributed by atoms with van der Waals surface area (Å²) in [4.78, 5) is 20.8. The molecule has 2 heterocycles. The van der Waals surface area contributed by atoms with Crippen molar-refractivity contribution in [1.82, 2.24) is 20.2 Å². The van der Waals surface area contributed by atoms with Gasteiger partial charge in [0.15, 0.2) is 5.65 Å². The maximum Gasteiger partial charge on any atom is 0.236 e. The second-order valence-corrected chi connectivity index (χ2v) is 3.77. The highest BCUT2D eigenvalue weighted by molar-refractivity contribution is 6.28. The average molecular weight is 255 g/mol. The van der Waals surface area contributed by atoms with E-state index in [4.69, 9.17) is 17.3 Å². The third kappa shape index (κ3) is 2.28. The zero-order valence-corrected chi connectivity index (χ0v) is 9.90. The Labute approximate surface area is 102 Å². The maximum atomic E-state index is 11.0. The minimum atomic E-state index is -0.432. The van der Waals surface area contributed by atoms with Crippen molar-refractivity contribution in [2.75, 3.05) is 18.0 Å². The SMILES string of the molecule is CCN(CC(N)=O)c1nc(Cl)nc2[nH]ncc12. The molecule has 8 heteroatoms. The number of nitrogens with one attached hydrogen (secondary N) is 1. The van der Waals surface area contributed by atoms with Crippen molar-refractivity contribution in [1.29, 1.82) is 0 Å². The number of aromatic nitrogens is 4. The van der Waals surface area contributed by atoms with Crippen molar-refractivity contribution < 1.29 is 4.79 Å². The Hall–Kier alpha value is -1.89. The molecule has 0 aliphatic heterocycles. The molecule has 3 N–H and O–H groups in total. The smallest absolute Gasteiger partial charge is 0.236 e. The summed E-state index contributed by atoms with van der Waals surface area (Å²) in [6.45, 7) is 2.55. The van der Waals surface area contributed by atoms with Crippen LogP contribution in [0.5, 0.6) is 0 Å². The van der Waals surface area contributed by atoms with Crippen molar-refractivity contribution in [3.05, 3.63) is 11.5 Å². The first-order chi connectivity index (χ1) is 8.11. The first kappa shape index (κ1) is 11.6. The number of anilines is 1. The second kappa shape index (κ2) is 4.54. The second-order valence-electron chi connectivity index (χ2n) is 3.43. The molecule has 0 unspecified atom stereocenters. The van der Waals surface area contributed by atoms with Crippen LogP contribution in [0.3, 0.4) is 0 Å². The first-order valence-electron chi connectivity index (χ1n) is 5.01. The van der Waals surface area contributed by atoms with E-state index in [0.29, 0.717) is 23.4 Å². The normalized spacial score (nSPS) is 10.7. The van der Waals surface area contributed by atoms with Crippen LogP contribution in [-0.4, -0.2) is 39.2 Å². The van der Waals surface area contributed by atoms with Gasteiger partial charge in [-0.15, -0.1) is 0 Å². The van der Waals surface area contributed by atoms with Gasteiger partial charge in [-0.25, -0.2) is 0 Å². The summed E-state index contributed by atoms with van der Waals surface area (Å²) in [5.41, 5.74) is 5.71. The molecule has 90 valence electrons. The molecule has 0 saturated carbocycles. The Kier molecular flexibility index (Phi) is 3.10. The van der Waals surface area contributed by atoms with E-state index in [2.05, 4.69) is 20.2 Å². The van der Waals surface area contributed by atoms with E-state index in [-0.39, 0.29) is 11.8 Å². The zero-order chi connectivity index (χ0) is 12.4. The number of fused-ring (bicyclic) bond motifs is 1. The van der Waals surface area contributed by atoms with Gasteiger partial charge in [-0.3, -0.25) is 9.89 Å². The van der Waals surface area contributed by atoms with E-state index in [1.54, 1.807) is 11.1 Å². The molecule has 2 aromatic heterocycles. The van der Waals surface area contributed by atoms with Crippen LogP contribution in [0.1, 0.15) is 6.92 Å². The molecule has 0 atom stereocenters. The van der Waals surface area contributed by atoms with Gasteiger partial charge in [0, 0.05) is 6.54 Å². The largest absolute Gasteiger partial charge is 0.368 e. The monoisotopic (exact) mass is 254 g/mol. The van der Waals surface area contributed by atoms with Crippen LogP contribution >= 0.6 is 11.6 Å². The number of halogens is 1. The quantitative estimate of drug-likeness (QED) is 0.765. The van der Waals surface area contributed by atoms with Gasteiger partial charge in [0.25, 0.3) is 0 Å². The molecular formula is C9H11ClN6O. The molecule has 0 spiro atoms. The van der Waals surface area contributed by atoms with E-state index >= 15 is 0 Å². The number of primary amides is 1. The average Bonchev–Trinajstić information content (AvgIpc) is 2.72. The molecule has 2 aromatic rings. The summed E-state index contributed by atoms with van der Waals surface area (Å²) in [7, 11) is 0. The van der Waals surface area contributed by atoms with Crippen LogP contribution in [-0.2, 0) is 4.79 Å². The van der Waals surface area contributed by atoms with Gasteiger partial charge in [-0.2, -0.15) is 15.1 Å². The minimum absolute atomic E-state index is 0.0735. The fraction of sp³-hybridized carbons (Fsp3) is 0.333. The number of H-pyrrole nitrogens is 1. The standard InChI is InChI=1S/C9H11ClN6O/c1-2-16(4-6(11)17)8-5-3-12-15-7(5)13-9(10)14-8/h3H,2,4H2,1H3,(H2,11,17)(H,12,13,14,15). The van der Waals surface area contributed by atoms with Crippen LogP contribution in [0, 0.1) is 0 Å². The Balaban J connectivity index is 2.51. The molecule has 0 fully saturated rings. The van der Waals surface area contributed by atoms with Gasteiger partial charge in [-0.05, 0) is 18.5 Å². The lowest BCUT2D eigenvalue weighted by Gasteiger charge is -2.20. The van der Waals surface area contributed by atoms with Crippen molar-refractivity contribution in [3.63, 3.8) is 0 Å². The molecule has 2 rings (SSSR count). The van der Waals surface area contributed by atoms with E-state index in [1.807, 2.05) is 6.92 Å². The van der Waals surface area contributed by atoms with Gasteiger partial charge >= 0.3 is 0 Å². The topological polar surface area (TPSA) is 101 Å². The minimum Gasteiger partial charge on any atom is -0.368 e. The fourth-order valence-corrected chi connectivity index (χ4v) is 1.72. The van der Waals surface area contributed by atoms with Crippen LogP contribution in [0.4, 0.5) is 5.82 Å². The van der Waals surface area contributed by atoms with Crippen LogP contribution < -0.4 is 10.6 Å². The number of nitrogens with two attached hydrogens (primary N) is 1. The van der Waals surface area contributed by atoms with Crippen LogP contribution in [0.2, 0.25) is 5.28 Å². The predicted octanol–water partition coefficient (Wildman–Crippen LogP) is 0.318. The fourth-order valence-electron chi connectivity index (χ4n) is 1.56. The van der Waals surface area contributed by atoms with Crippen molar-refractivity contribution in [3.8, 4) is 0 Å². The summed E-state index contributed by atoms with van der Waals surface area (Å²) in [5.74, 6) is 0.119. The molecular weight excluding hydrogens is 244 g/mol. The van der Waals surface area contributed by atoms with E-state index < -0.39 is 5.91 Å². The summed E-state index contributed by atoms with van der Waals surface area (Å²) >= 11 is 5.81. The van der Waals surface area contributed by atoms with Crippen molar-refractivity contribution >= 4 is 34.4 Å². The number of nitrogens with zero attached hydrogens (tertiary/aromatic N) is 4. The Morgan fingerprint density at radius 1 is 1.59 bits per heavy atom. The van der Waals surface area contributed by atoms with E-state index in [0.717, 1.165) is 0 Å². The highest BCUT2D eigenvalue weighted by Crippen LogP contribution is 2.23. The van der Waals surface area contributed by atoms with Crippen molar-refractivity contribution in [2.45, 2.75) is 6.92 Å². The Morgan fingerprint density at radius 2 is 2.35 bits per heavy atom. The molecule has 0 bridgehead atoms. The molecule has 0 radical (unpaired) electrons. The highest BCUT2D eigenvalue weighted by atomic mass is 35.5. The van der Waals surface area contributed by atoms with E-state index in [9.17, 15) is 4.79 Å². The predicted molar refractivity (Wildman–Crippen MR) is 63.8 cm³/mol. The maximum absolute atomic E-state index is 11.0. The van der Waals surface area contributed by atoms with Gasteiger partial charge in [0.05, 0.1) is 18.1 Å². The molecule has 0 aliphatic carbocycles. The van der Waals surface area contributed by atoms with Crippen molar-refractivity contribution in [2.24, 2.45) is 5.73 Å². The van der Waals surface area contributed by atoms with Gasteiger partial charge < -0.3 is 10.6 Å². The molecule has 7 nitrogen and oxygen atoms in total. The number of carbonyl (C=O) groups is 1. The number of likely N-dealkylation sites (N-methyl/N-ethyl adjacent to an activating group) is 1. The molecule has 0 aliphatic rings. The number of hydrogen-bond donors (Lipinski definition) is 2. The number of carbonyl (C=O) groups excluding carboxylic acids is 1. The zero-order valence-electron chi connectivity index (χ0n) is 9.14. The lowest BCUT2D eigenvalue weighted by molar-refractivity contribution is -0.116. The Bertz CT molecular complexity index is 553. The van der Waals surface area contributed by atoms with Gasteiger partial charge in [0.2, 0.25) is 11.2 Å². The lowest BCUT2D eigenvalue weighted by Crippen LogP contribution is -2.34. The summed E-state index contributed by atoms with van der Waals surface area (Å²) < 4.78 is 0. The molecule has 17 heavy (non-hydrogen) atoms. The molecule has 0 saturated heterocycles. The summed E-state index contributed by atoms with van der Waals surface area (Å²) in [5, 5.41) is 7.38. The third-order valence-electron chi connectivity index (χ3n) is 2.29. The van der Waals surface area contributed by atoms with Gasteiger partial charge in [-0.1, -0.05) is 0 Å². The van der Waals surface area contributed by atoms with Crippen LogP contribution in [0.25, 0.3) is 11.0 Å². The molecule has 0 aromatic carbocycles. The number of aromatic amines is 1. The number of hydrogen-bond acceptors (Lipinski definition) is 5. The molecule has 1 amide bonds. The highest BCUT2D eigenvalue weighted by Gasteiger charge is 2.15. The Morgan fingerprint density at radius 3 is 3.00 bits per heavy atom. The van der Waals surface area contributed by atoms with Gasteiger partial charge in [0.1, 0.15) is 5.82 Å².